The van der Waals surface area contributed by atoms with Gasteiger partial charge in [-0.05, 0) is 64.7 Å². The number of anilines is 1. The zero-order chi connectivity index (χ0) is 21.5. The Balaban J connectivity index is 1.41. The Morgan fingerprint density at radius 3 is 2.33 bits per heavy atom. The van der Waals surface area contributed by atoms with Crippen molar-refractivity contribution >= 4 is 23.6 Å². The number of fused-ring (bicyclic) bond motifs is 2. The van der Waals surface area contributed by atoms with Crippen LogP contribution < -0.4 is 4.90 Å². The molecule has 3 saturated heterocycles. The summed E-state index contributed by atoms with van der Waals surface area (Å²) >= 11 is 5.93. The van der Waals surface area contributed by atoms with E-state index in [4.69, 9.17) is 21.1 Å². The Bertz CT molecular complexity index is 740. The van der Waals surface area contributed by atoms with Gasteiger partial charge < -0.3 is 19.3 Å². The number of aromatic nitrogens is 2. The van der Waals surface area contributed by atoms with E-state index in [0.29, 0.717) is 34.9 Å². The lowest BCUT2D eigenvalue weighted by molar-refractivity contribution is -0.0266. The summed E-state index contributed by atoms with van der Waals surface area (Å²) in [6.45, 7) is 7.49. The van der Waals surface area contributed by atoms with Crippen molar-refractivity contribution < 1.29 is 14.3 Å². The molecule has 5 atom stereocenters. The molecule has 0 saturated carbocycles. The average molecular weight is 437 g/mol. The first kappa shape index (κ1) is 21.6. The first-order valence-corrected chi connectivity index (χ1v) is 11.4. The normalized spacial score (nSPS) is 31.7. The summed E-state index contributed by atoms with van der Waals surface area (Å²) in [5.41, 5.74) is -0.453. The van der Waals surface area contributed by atoms with E-state index in [2.05, 4.69) is 14.9 Å². The van der Waals surface area contributed by atoms with Crippen LogP contribution in [-0.4, -0.2) is 64.9 Å². The van der Waals surface area contributed by atoms with Crippen LogP contribution in [0.3, 0.4) is 0 Å². The number of hydrogen-bond donors (Lipinski definition) is 0. The number of amides is 1. The van der Waals surface area contributed by atoms with Crippen molar-refractivity contribution in [3.63, 3.8) is 0 Å². The maximum atomic E-state index is 12.8. The highest BCUT2D eigenvalue weighted by Crippen LogP contribution is 2.45. The fraction of sp³-hybridized carbons (Fsp3) is 0.773. The highest BCUT2D eigenvalue weighted by Gasteiger charge is 2.48. The van der Waals surface area contributed by atoms with Gasteiger partial charge in [-0.1, -0.05) is 11.6 Å². The lowest BCUT2D eigenvalue weighted by atomic mass is 9.75. The zero-order valence-electron chi connectivity index (χ0n) is 18.4. The third kappa shape index (κ3) is 4.52. The third-order valence-electron chi connectivity index (χ3n) is 6.78. The molecule has 166 valence electrons. The summed E-state index contributed by atoms with van der Waals surface area (Å²) in [7, 11) is 1.80. The van der Waals surface area contributed by atoms with Gasteiger partial charge in [0, 0.05) is 32.3 Å². The van der Waals surface area contributed by atoms with Gasteiger partial charge in [0.2, 0.25) is 5.95 Å². The molecule has 1 aromatic rings. The molecule has 3 fully saturated rings. The molecule has 30 heavy (non-hydrogen) atoms. The van der Waals surface area contributed by atoms with Gasteiger partial charge in [-0.25, -0.2) is 14.8 Å². The van der Waals surface area contributed by atoms with Gasteiger partial charge in [-0.2, -0.15) is 0 Å². The van der Waals surface area contributed by atoms with Gasteiger partial charge in [0.1, 0.15) is 5.60 Å². The molecular weight excluding hydrogens is 404 g/mol. The fourth-order valence-electron chi connectivity index (χ4n) is 5.56. The summed E-state index contributed by atoms with van der Waals surface area (Å²) in [6, 6.07) is 0.581. The molecule has 1 amide bonds. The van der Waals surface area contributed by atoms with E-state index in [-0.39, 0.29) is 12.2 Å². The number of hydrogen-bond acceptors (Lipinski definition) is 6. The van der Waals surface area contributed by atoms with E-state index in [1.54, 1.807) is 19.5 Å². The standard InChI is InChI=1S/C22H33ClN4O3/c1-22(2,3)30-21(28)27-16-5-6-17(27)10-14(9-16)18-7-8-26(13-19(18)29-4)20-24-11-15(23)12-25-20/h11-12,14,16-19H,5-10,13H2,1-4H3/t14-,16-,17+,18-,19-/m1/s1. The van der Waals surface area contributed by atoms with Crippen LogP contribution in [0.5, 0.6) is 0 Å². The van der Waals surface area contributed by atoms with Crippen LogP contribution in [0.1, 0.15) is 52.9 Å². The van der Waals surface area contributed by atoms with Gasteiger partial charge in [-0.3, -0.25) is 0 Å². The number of methoxy groups -OCH3 is 1. The number of ether oxygens (including phenoxy) is 2. The first-order chi connectivity index (χ1) is 14.2. The minimum absolute atomic E-state index is 0.135. The quantitative estimate of drug-likeness (QED) is 0.709. The molecule has 1 aromatic heterocycles. The molecule has 2 bridgehead atoms. The first-order valence-electron chi connectivity index (χ1n) is 11.0. The van der Waals surface area contributed by atoms with E-state index in [1.807, 2.05) is 25.7 Å². The summed E-state index contributed by atoms with van der Waals surface area (Å²) < 4.78 is 11.6. The van der Waals surface area contributed by atoms with Crippen LogP contribution in [0.2, 0.25) is 5.02 Å². The second kappa shape index (κ2) is 8.50. The molecule has 3 aliphatic rings. The predicted molar refractivity (Wildman–Crippen MR) is 116 cm³/mol. The van der Waals surface area contributed by atoms with Gasteiger partial charge in [0.15, 0.2) is 0 Å². The molecular formula is C22H33ClN4O3. The van der Waals surface area contributed by atoms with E-state index in [1.165, 1.54) is 0 Å². The summed E-state index contributed by atoms with van der Waals surface area (Å²) in [6.07, 6.45) is 8.55. The predicted octanol–water partition coefficient (Wildman–Crippen LogP) is 4.15. The van der Waals surface area contributed by atoms with E-state index in [9.17, 15) is 4.79 Å². The number of carbonyl (C=O) groups is 1. The second-order valence-electron chi connectivity index (χ2n) is 9.88. The largest absolute Gasteiger partial charge is 0.444 e. The Labute approximate surface area is 184 Å². The van der Waals surface area contributed by atoms with Crippen LogP contribution in [0.4, 0.5) is 10.7 Å². The summed E-state index contributed by atoms with van der Waals surface area (Å²) in [4.78, 5) is 25.7. The van der Waals surface area contributed by atoms with Crippen molar-refractivity contribution in [3.8, 4) is 0 Å². The van der Waals surface area contributed by atoms with Crippen molar-refractivity contribution in [2.45, 2.75) is 76.7 Å². The van der Waals surface area contributed by atoms with Crippen molar-refractivity contribution in [2.75, 3.05) is 25.1 Å². The average Bonchev–Trinajstić information content (AvgIpc) is 2.97. The number of carbonyl (C=O) groups excluding carboxylic acids is 1. The highest BCUT2D eigenvalue weighted by atomic mass is 35.5. The number of rotatable bonds is 3. The minimum atomic E-state index is -0.453. The second-order valence-corrected chi connectivity index (χ2v) is 10.3. The lowest BCUT2D eigenvalue weighted by Crippen LogP contribution is -2.53. The van der Waals surface area contributed by atoms with Crippen LogP contribution in [-0.2, 0) is 9.47 Å². The molecule has 0 N–H and O–H groups in total. The zero-order valence-corrected chi connectivity index (χ0v) is 19.1. The smallest absolute Gasteiger partial charge is 0.410 e. The number of piperidine rings is 2. The maximum Gasteiger partial charge on any atom is 0.410 e. The highest BCUT2D eigenvalue weighted by molar-refractivity contribution is 6.30. The van der Waals surface area contributed by atoms with Gasteiger partial charge in [0.05, 0.1) is 23.5 Å². The molecule has 8 heteroatoms. The molecule has 7 nitrogen and oxygen atoms in total. The SMILES string of the molecule is CO[C@@H]1CN(c2ncc(Cl)cn2)CC[C@@H]1[C@@H]1C[C@H]2CC[C@@H](C1)N2C(=O)OC(C)(C)C. The molecule has 3 aliphatic heterocycles. The van der Waals surface area contributed by atoms with E-state index >= 15 is 0 Å². The number of nitrogens with zero attached hydrogens (tertiary/aromatic N) is 4. The van der Waals surface area contributed by atoms with Crippen molar-refractivity contribution in [1.82, 2.24) is 14.9 Å². The molecule has 0 radical (unpaired) electrons. The van der Waals surface area contributed by atoms with Gasteiger partial charge in [0.25, 0.3) is 0 Å². The summed E-state index contributed by atoms with van der Waals surface area (Å²) in [5, 5.41) is 0.546. The molecule has 4 heterocycles. The lowest BCUT2D eigenvalue weighted by Gasteiger charge is -2.46. The maximum absolute atomic E-state index is 12.8. The van der Waals surface area contributed by atoms with Gasteiger partial charge in [-0.15, -0.1) is 0 Å². The monoisotopic (exact) mass is 436 g/mol. The topological polar surface area (TPSA) is 67.8 Å². The van der Waals surface area contributed by atoms with Crippen molar-refractivity contribution in [1.29, 1.82) is 0 Å². The molecule has 0 aromatic carbocycles. The Morgan fingerprint density at radius 2 is 1.77 bits per heavy atom. The summed E-state index contributed by atoms with van der Waals surface area (Å²) in [5.74, 6) is 1.77. The number of halogens is 1. The van der Waals surface area contributed by atoms with Crippen LogP contribution >= 0.6 is 11.6 Å². The Morgan fingerprint density at radius 1 is 1.13 bits per heavy atom. The minimum Gasteiger partial charge on any atom is -0.444 e. The van der Waals surface area contributed by atoms with E-state index < -0.39 is 5.60 Å². The fourth-order valence-corrected chi connectivity index (χ4v) is 5.65. The van der Waals surface area contributed by atoms with Crippen molar-refractivity contribution in [3.05, 3.63) is 17.4 Å². The van der Waals surface area contributed by atoms with Gasteiger partial charge >= 0.3 is 6.09 Å². The van der Waals surface area contributed by atoms with E-state index in [0.717, 1.165) is 45.2 Å². The van der Waals surface area contributed by atoms with Crippen LogP contribution in [0.25, 0.3) is 0 Å². The Kier molecular flexibility index (Phi) is 6.13. The van der Waals surface area contributed by atoms with Crippen LogP contribution in [0, 0.1) is 11.8 Å². The van der Waals surface area contributed by atoms with Crippen molar-refractivity contribution in [2.24, 2.45) is 11.8 Å². The van der Waals surface area contributed by atoms with Crippen LogP contribution in [0.15, 0.2) is 12.4 Å². The third-order valence-corrected chi connectivity index (χ3v) is 6.98. The molecule has 0 unspecified atom stereocenters. The Hall–Kier alpha value is -1.60. The molecule has 0 spiro atoms. The molecule has 4 rings (SSSR count). The molecule has 0 aliphatic carbocycles.